The molecule has 1 fully saturated rings. The SMILES string of the molecule is Cc1cccc(NC(=O)COc2ccc(Cl)cc2[C@@H]2c3sc(=O)[nH]c3S[C@H]3C(=O)N(c4ccc([N+](=O)[O-])cc4)C(=O)[C@@H]23)c1. The number of carbonyl (C=O) groups is 3. The fraction of sp³-hybridized carbons (Fsp3) is 0.172. The van der Waals surface area contributed by atoms with Crippen LogP contribution in [-0.4, -0.2) is 39.5 Å². The molecule has 0 spiro atoms. The second-order valence-electron chi connectivity index (χ2n) is 9.92. The highest BCUT2D eigenvalue weighted by molar-refractivity contribution is 8.00. The van der Waals surface area contributed by atoms with Crippen molar-refractivity contribution >= 4 is 69.5 Å². The Morgan fingerprint density at radius 3 is 2.58 bits per heavy atom. The number of benzene rings is 3. The van der Waals surface area contributed by atoms with E-state index in [1.165, 1.54) is 24.3 Å². The number of carbonyl (C=O) groups excluding carboxylic acids is 3. The van der Waals surface area contributed by atoms with Crippen LogP contribution >= 0.6 is 34.7 Å². The quantitative estimate of drug-likeness (QED) is 0.161. The maximum Gasteiger partial charge on any atom is 0.305 e. The molecule has 3 aromatic carbocycles. The number of aryl methyl sites for hydroxylation is 1. The van der Waals surface area contributed by atoms with Gasteiger partial charge in [0.2, 0.25) is 11.8 Å². The molecule has 1 saturated heterocycles. The van der Waals surface area contributed by atoms with Gasteiger partial charge >= 0.3 is 4.87 Å². The molecule has 6 rings (SSSR count). The van der Waals surface area contributed by atoms with Gasteiger partial charge in [0, 0.05) is 39.2 Å². The zero-order valence-corrected chi connectivity index (χ0v) is 24.6. The van der Waals surface area contributed by atoms with Gasteiger partial charge in [-0.25, -0.2) is 4.90 Å². The summed E-state index contributed by atoms with van der Waals surface area (Å²) in [6.45, 7) is 1.55. The molecule has 2 N–H and O–H groups in total. The molecule has 3 amide bonds. The summed E-state index contributed by atoms with van der Waals surface area (Å²) in [5.74, 6) is -2.95. The number of amides is 3. The Morgan fingerprint density at radius 2 is 1.86 bits per heavy atom. The number of ether oxygens (including phenoxy) is 1. The third-order valence-corrected chi connectivity index (χ3v) is 9.75. The van der Waals surface area contributed by atoms with Crippen LogP contribution in [0, 0.1) is 23.0 Å². The third-order valence-electron chi connectivity index (χ3n) is 7.11. The Kier molecular flexibility index (Phi) is 7.54. The first-order valence-electron chi connectivity index (χ1n) is 12.9. The second kappa shape index (κ2) is 11.3. The number of nitro groups is 1. The van der Waals surface area contributed by atoms with E-state index in [0.717, 1.165) is 33.6 Å². The number of halogens is 1. The lowest BCUT2D eigenvalue weighted by Crippen LogP contribution is -2.32. The summed E-state index contributed by atoms with van der Waals surface area (Å²) >= 11 is 8.42. The lowest BCUT2D eigenvalue weighted by molar-refractivity contribution is -0.384. The molecule has 0 unspecified atom stereocenters. The van der Waals surface area contributed by atoms with Crippen molar-refractivity contribution < 1.29 is 24.0 Å². The van der Waals surface area contributed by atoms with Gasteiger partial charge < -0.3 is 15.0 Å². The Morgan fingerprint density at radius 1 is 1.09 bits per heavy atom. The molecule has 0 radical (unpaired) electrons. The summed E-state index contributed by atoms with van der Waals surface area (Å²) in [7, 11) is 0. The average Bonchev–Trinajstić information content (AvgIpc) is 3.46. The zero-order chi connectivity index (χ0) is 30.4. The van der Waals surface area contributed by atoms with Gasteiger partial charge in [0.1, 0.15) is 11.0 Å². The summed E-state index contributed by atoms with van der Waals surface area (Å²) in [6, 6.07) is 17.2. The van der Waals surface area contributed by atoms with Crippen LogP contribution in [-0.2, 0) is 14.4 Å². The molecule has 43 heavy (non-hydrogen) atoms. The van der Waals surface area contributed by atoms with E-state index in [2.05, 4.69) is 10.3 Å². The number of nitrogens with zero attached hydrogens (tertiary/aromatic N) is 2. The van der Waals surface area contributed by atoms with Crippen LogP contribution in [0.3, 0.4) is 0 Å². The normalized spacial score (nSPS) is 19.1. The smallest absolute Gasteiger partial charge is 0.305 e. The van der Waals surface area contributed by atoms with E-state index in [1.807, 2.05) is 25.1 Å². The average molecular weight is 637 g/mol. The number of aromatic amines is 1. The molecule has 4 aromatic rings. The lowest BCUT2D eigenvalue weighted by atomic mass is 9.82. The zero-order valence-electron chi connectivity index (χ0n) is 22.2. The molecule has 0 aliphatic carbocycles. The number of aromatic nitrogens is 1. The minimum atomic E-state index is -0.950. The van der Waals surface area contributed by atoms with Crippen LogP contribution in [0.5, 0.6) is 5.75 Å². The van der Waals surface area contributed by atoms with Crippen LogP contribution in [0.15, 0.2) is 76.6 Å². The van der Waals surface area contributed by atoms with Crippen molar-refractivity contribution in [1.82, 2.24) is 4.98 Å². The number of hydrogen-bond donors (Lipinski definition) is 2. The van der Waals surface area contributed by atoms with Crippen LogP contribution in [0.2, 0.25) is 5.02 Å². The van der Waals surface area contributed by atoms with Crippen molar-refractivity contribution in [2.75, 3.05) is 16.8 Å². The fourth-order valence-electron chi connectivity index (χ4n) is 5.29. The first kappa shape index (κ1) is 28.6. The van der Waals surface area contributed by atoms with Gasteiger partial charge in [-0.15, -0.1) is 0 Å². The van der Waals surface area contributed by atoms with Crippen LogP contribution < -0.4 is 19.8 Å². The van der Waals surface area contributed by atoms with E-state index in [0.29, 0.717) is 26.2 Å². The number of nitro benzene ring substituents is 1. The molecule has 1 aromatic heterocycles. The number of non-ortho nitro benzene ring substituents is 1. The van der Waals surface area contributed by atoms with Crippen molar-refractivity contribution in [2.45, 2.75) is 23.1 Å². The molecule has 218 valence electrons. The summed E-state index contributed by atoms with van der Waals surface area (Å²) < 4.78 is 5.95. The van der Waals surface area contributed by atoms with Crippen LogP contribution in [0.1, 0.15) is 21.9 Å². The van der Waals surface area contributed by atoms with Gasteiger partial charge in [-0.3, -0.25) is 29.3 Å². The highest BCUT2D eigenvalue weighted by Gasteiger charge is 2.57. The Hall–Kier alpha value is -4.46. The number of hydrogen-bond acceptors (Lipinski definition) is 9. The van der Waals surface area contributed by atoms with Crippen molar-refractivity contribution in [1.29, 1.82) is 0 Å². The topological polar surface area (TPSA) is 152 Å². The van der Waals surface area contributed by atoms with E-state index < -0.39 is 39.7 Å². The summed E-state index contributed by atoms with van der Waals surface area (Å²) in [5, 5.41) is 13.8. The predicted octanol–water partition coefficient (Wildman–Crippen LogP) is 5.12. The van der Waals surface area contributed by atoms with Crippen LogP contribution in [0.25, 0.3) is 0 Å². The number of anilines is 2. The third kappa shape index (κ3) is 5.42. The summed E-state index contributed by atoms with van der Waals surface area (Å²) in [5.41, 5.74) is 2.04. The molecule has 2 aliphatic heterocycles. The van der Waals surface area contributed by atoms with Crippen molar-refractivity contribution in [3.8, 4) is 5.75 Å². The standard InChI is InChI=1S/C29H21ClN4O7S2/c1-14-3-2-4-16(11-14)31-21(35)13-41-20-10-5-15(30)12-19(20)22-23-25(42-26-24(22)43-29(38)32-26)28(37)33(27(23)36)17-6-8-18(9-7-17)34(39)40/h2-12,22-23,25H,13H2,1H3,(H,31,35)(H,32,38)/t22-,23-,25+/m0/s1. The molecule has 0 bridgehead atoms. The van der Waals surface area contributed by atoms with E-state index in [-0.39, 0.29) is 28.6 Å². The Labute approximate surface area is 257 Å². The number of thioether (sulfide) groups is 1. The van der Waals surface area contributed by atoms with Crippen molar-refractivity contribution in [3.05, 3.63) is 108 Å². The Balaban J connectivity index is 1.36. The van der Waals surface area contributed by atoms with Gasteiger partial charge in [-0.2, -0.15) is 0 Å². The monoisotopic (exact) mass is 636 g/mol. The molecule has 3 heterocycles. The lowest BCUT2D eigenvalue weighted by Gasteiger charge is -2.31. The number of thiazole rings is 1. The molecule has 11 nitrogen and oxygen atoms in total. The van der Waals surface area contributed by atoms with Gasteiger partial charge in [0.15, 0.2) is 6.61 Å². The van der Waals surface area contributed by atoms with Gasteiger partial charge in [0.05, 0.1) is 21.6 Å². The van der Waals surface area contributed by atoms with Gasteiger partial charge in [-0.1, -0.05) is 46.8 Å². The van der Waals surface area contributed by atoms with Gasteiger partial charge in [0.25, 0.3) is 11.6 Å². The maximum atomic E-state index is 14.0. The van der Waals surface area contributed by atoms with E-state index in [1.54, 1.807) is 24.3 Å². The second-order valence-corrected chi connectivity index (χ2v) is 12.5. The number of rotatable bonds is 7. The van der Waals surface area contributed by atoms with E-state index in [4.69, 9.17) is 16.3 Å². The first-order chi connectivity index (χ1) is 20.6. The number of H-pyrrole nitrogens is 1. The molecule has 3 atom stereocenters. The van der Waals surface area contributed by atoms with Gasteiger partial charge in [-0.05, 0) is 55.0 Å². The summed E-state index contributed by atoms with van der Waals surface area (Å²) in [6.07, 6.45) is 0. The highest BCUT2D eigenvalue weighted by atomic mass is 35.5. The first-order valence-corrected chi connectivity index (χ1v) is 15.0. The maximum absolute atomic E-state index is 14.0. The molecular weight excluding hydrogens is 616 g/mol. The number of fused-ring (bicyclic) bond motifs is 2. The highest BCUT2D eigenvalue weighted by Crippen LogP contribution is 2.54. The minimum Gasteiger partial charge on any atom is -0.483 e. The molecule has 0 saturated carbocycles. The van der Waals surface area contributed by atoms with Crippen molar-refractivity contribution in [3.63, 3.8) is 0 Å². The molecular formula is C29H21ClN4O7S2. The molecule has 14 heteroatoms. The Bertz CT molecular complexity index is 1860. The molecule has 2 aliphatic rings. The fourth-order valence-corrected chi connectivity index (χ4v) is 7.97. The minimum absolute atomic E-state index is 0.181. The number of nitrogens with one attached hydrogen (secondary N) is 2. The largest absolute Gasteiger partial charge is 0.483 e. The van der Waals surface area contributed by atoms with E-state index in [9.17, 15) is 29.3 Å². The number of imide groups is 1. The van der Waals surface area contributed by atoms with Crippen LogP contribution in [0.4, 0.5) is 17.1 Å². The van der Waals surface area contributed by atoms with Crippen molar-refractivity contribution in [2.24, 2.45) is 5.92 Å². The predicted molar refractivity (Wildman–Crippen MR) is 162 cm³/mol. The van der Waals surface area contributed by atoms with E-state index >= 15 is 0 Å². The summed E-state index contributed by atoms with van der Waals surface area (Å²) in [4.78, 5) is 67.4.